The minimum atomic E-state index is -4.54. The van der Waals surface area contributed by atoms with E-state index in [0.29, 0.717) is 5.69 Å². The first-order valence-corrected chi connectivity index (χ1v) is 7.05. The average Bonchev–Trinajstić information content (AvgIpc) is 2.56. The van der Waals surface area contributed by atoms with Crippen LogP contribution in [0.4, 0.5) is 9.57 Å². The lowest BCUT2D eigenvalue weighted by Crippen LogP contribution is -2.25. The molecule has 2 heterocycles. The number of halogens is 1. The van der Waals surface area contributed by atoms with Gasteiger partial charge in [0.15, 0.2) is 0 Å². The van der Waals surface area contributed by atoms with Gasteiger partial charge < -0.3 is 4.90 Å². The standard InChI is InChI=1S/C11H13FN2O3S/c1-8-2-10(5-13-4-8)14-6-9(3-11(14)15)7-18(12,16)17/h2,4-5,9H,3,6-7H2,1H3. The van der Waals surface area contributed by atoms with Gasteiger partial charge in [-0.15, -0.1) is 3.89 Å². The Balaban J connectivity index is 2.15. The summed E-state index contributed by atoms with van der Waals surface area (Å²) in [5.41, 5.74) is 1.53. The molecule has 1 aromatic heterocycles. The largest absolute Gasteiger partial charge is 0.311 e. The molecule has 98 valence electrons. The molecule has 1 aromatic rings. The zero-order valence-electron chi connectivity index (χ0n) is 9.84. The molecule has 0 aliphatic carbocycles. The zero-order chi connectivity index (χ0) is 13.3. The lowest BCUT2D eigenvalue weighted by atomic mass is 10.1. The Morgan fingerprint density at radius 2 is 2.22 bits per heavy atom. The predicted molar refractivity (Wildman–Crippen MR) is 64.3 cm³/mol. The van der Waals surface area contributed by atoms with Crippen LogP contribution in [0.2, 0.25) is 0 Å². The molecule has 0 N–H and O–H groups in total. The second-order valence-electron chi connectivity index (χ2n) is 4.50. The third-order valence-corrected chi connectivity index (χ3v) is 3.68. The van der Waals surface area contributed by atoms with Crippen molar-refractivity contribution in [1.29, 1.82) is 0 Å². The molecule has 1 amide bonds. The van der Waals surface area contributed by atoms with Gasteiger partial charge in [0.05, 0.1) is 17.6 Å². The highest BCUT2D eigenvalue weighted by molar-refractivity contribution is 7.86. The number of hydrogen-bond donors (Lipinski definition) is 0. The maximum absolute atomic E-state index is 12.6. The molecule has 1 atom stereocenters. The van der Waals surface area contributed by atoms with E-state index in [4.69, 9.17) is 0 Å². The number of hydrogen-bond acceptors (Lipinski definition) is 4. The van der Waals surface area contributed by atoms with Gasteiger partial charge in [0.2, 0.25) is 5.91 Å². The molecule has 18 heavy (non-hydrogen) atoms. The van der Waals surface area contributed by atoms with Crippen LogP contribution in [0.25, 0.3) is 0 Å². The van der Waals surface area contributed by atoms with Crippen LogP contribution in [0.3, 0.4) is 0 Å². The Morgan fingerprint density at radius 1 is 1.50 bits per heavy atom. The smallest absolute Gasteiger partial charge is 0.302 e. The average molecular weight is 272 g/mol. The van der Waals surface area contributed by atoms with Gasteiger partial charge in [-0.05, 0) is 18.6 Å². The summed E-state index contributed by atoms with van der Waals surface area (Å²) in [6.07, 6.45) is 3.25. The highest BCUT2D eigenvalue weighted by Crippen LogP contribution is 2.26. The first-order chi connectivity index (χ1) is 8.35. The third kappa shape index (κ3) is 3.04. The topological polar surface area (TPSA) is 67.3 Å². The second-order valence-corrected chi connectivity index (χ2v) is 5.91. The van der Waals surface area contributed by atoms with Crippen LogP contribution >= 0.6 is 0 Å². The molecule has 7 heteroatoms. The van der Waals surface area contributed by atoms with E-state index in [1.807, 2.05) is 6.92 Å². The fourth-order valence-corrected chi connectivity index (χ4v) is 2.90. The molecular weight excluding hydrogens is 259 g/mol. The molecular formula is C11H13FN2O3S. The van der Waals surface area contributed by atoms with Gasteiger partial charge in [0.25, 0.3) is 0 Å². The number of aromatic nitrogens is 1. The Morgan fingerprint density at radius 3 is 2.83 bits per heavy atom. The molecule has 1 aliphatic heterocycles. The highest BCUT2D eigenvalue weighted by Gasteiger charge is 2.33. The Kier molecular flexibility index (Phi) is 3.34. The van der Waals surface area contributed by atoms with Gasteiger partial charge in [0.1, 0.15) is 0 Å². The normalized spacial score (nSPS) is 20.4. The van der Waals surface area contributed by atoms with Crippen LogP contribution in [0.15, 0.2) is 18.5 Å². The summed E-state index contributed by atoms with van der Waals surface area (Å²) in [5, 5.41) is 0. The summed E-state index contributed by atoms with van der Waals surface area (Å²) in [7, 11) is -4.54. The highest BCUT2D eigenvalue weighted by atomic mass is 32.3. The third-order valence-electron chi connectivity index (χ3n) is 2.81. The number of aryl methyl sites for hydroxylation is 1. The molecule has 0 aromatic carbocycles. The molecule has 2 rings (SSSR count). The number of amides is 1. The fraction of sp³-hybridized carbons (Fsp3) is 0.455. The number of rotatable bonds is 3. The number of carbonyl (C=O) groups is 1. The van der Waals surface area contributed by atoms with Gasteiger partial charge in [-0.25, -0.2) is 0 Å². The van der Waals surface area contributed by atoms with Crippen molar-refractivity contribution in [1.82, 2.24) is 4.98 Å². The van der Waals surface area contributed by atoms with Crippen LogP contribution in [0, 0.1) is 12.8 Å². The van der Waals surface area contributed by atoms with E-state index in [2.05, 4.69) is 4.98 Å². The van der Waals surface area contributed by atoms with Crippen molar-refractivity contribution in [3.8, 4) is 0 Å². The van der Waals surface area contributed by atoms with Crippen molar-refractivity contribution in [3.63, 3.8) is 0 Å². The summed E-state index contributed by atoms with van der Waals surface area (Å²) in [4.78, 5) is 17.2. The molecule has 1 aliphatic rings. The quantitative estimate of drug-likeness (QED) is 0.771. The van der Waals surface area contributed by atoms with Crippen LogP contribution < -0.4 is 4.90 Å². The first-order valence-electron chi connectivity index (χ1n) is 5.49. The zero-order valence-corrected chi connectivity index (χ0v) is 10.7. The van der Waals surface area contributed by atoms with Crippen molar-refractivity contribution in [2.24, 2.45) is 5.92 Å². The molecule has 0 radical (unpaired) electrons. The Hall–Kier alpha value is -1.50. The van der Waals surface area contributed by atoms with E-state index in [9.17, 15) is 17.1 Å². The lowest BCUT2D eigenvalue weighted by Gasteiger charge is -2.16. The Bertz CT molecular complexity index is 573. The lowest BCUT2D eigenvalue weighted by molar-refractivity contribution is -0.117. The summed E-state index contributed by atoms with van der Waals surface area (Å²) >= 11 is 0. The van der Waals surface area contributed by atoms with Gasteiger partial charge in [-0.3, -0.25) is 9.78 Å². The van der Waals surface area contributed by atoms with E-state index in [0.717, 1.165) is 5.56 Å². The van der Waals surface area contributed by atoms with Crippen molar-refractivity contribution >= 4 is 21.8 Å². The molecule has 1 saturated heterocycles. The fourth-order valence-electron chi connectivity index (χ4n) is 2.11. The van der Waals surface area contributed by atoms with E-state index in [1.165, 1.54) is 11.1 Å². The maximum Gasteiger partial charge on any atom is 0.302 e. The molecule has 1 unspecified atom stereocenters. The number of carbonyl (C=O) groups excluding carboxylic acids is 1. The molecule has 0 bridgehead atoms. The van der Waals surface area contributed by atoms with Crippen molar-refractivity contribution < 1.29 is 17.1 Å². The van der Waals surface area contributed by atoms with Gasteiger partial charge in [0, 0.05) is 25.1 Å². The van der Waals surface area contributed by atoms with Crippen LogP contribution in [0.5, 0.6) is 0 Å². The van der Waals surface area contributed by atoms with Crippen LogP contribution in [-0.2, 0) is 15.0 Å². The van der Waals surface area contributed by atoms with Crippen molar-refractivity contribution in [2.75, 3.05) is 17.2 Å². The molecule has 0 spiro atoms. The SMILES string of the molecule is Cc1cncc(N2CC(CS(=O)(=O)F)CC2=O)c1. The van der Waals surface area contributed by atoms with E-state index >= 15 is 0 Å². The summed E-state index contributed by atoms with van der Waals surface area (Å²) < 4.78 is 33.8. The van der Waals surface area contributed by atoms with Crippen molar-refractivity contribution in [2.45, 2.75) is 13.3 Å². The summed E-state index contributed by atoms with van der Waals surface area (Å²) in [5.74, 6) is -1.29. The molecule has 5 nitrogen and oxygen atoms in total. The first kappa shape index (κ1) is 12.9. The summed E-state index contributed by atoms with van der Waals surface area (Å²) in [6, 6.07) is 1.79. The minimum Gasteiger partial charge on any atom is -0.311 e. The number of anilines is 1. The minimum absolute atomic E-state index is 0.0527. The van der Waals surface area contributed by atoms with E-state index in [-0.39, 0.29) is 18.9 Å². The Labute approximate surface area is 105 Å². The van der Waals surface area contributed by atoms with Gasteiger partial charge in [-0.1, -0.05) is 0 Å². The van der Waals surface area contributed by atoms with Gasteiger partial charge >= 0.3 is 10.2 Å². The van der Waals surface area contributed by atoms with E-state index < -0.39 is 21.9 Å². The molecule has 1 fully saturated rings. The van der Waals surface area contributed by atoms with E-state index in [1.54, 1.807) is 12.3 Å². The van der Waals surface area contributed by atoms with Crippen LogP contribution in [0.1, 0.15) is 12.0 Å². The monoisotopic (exact) mass is 272 g/mol. The number of nitrogens with zero attached hydrogens (tertiary/aromatic N) is 2. The van der Waals surface area contributed by atoms with Gasteiger partial charge in [-0.2, -0.15) is 8.42 Å². The second kappa shape index (κ2) is 4.64. The molecule has 0 saturated carbocycles. The van der Waals surface area contributed by atoms with Crippen molar-refractivity contribution in [3.05, 3.63) is 24.0 Å². The maximum atomic E-state index is 12.6. The van der Waals surface area contributed by atoms with Crippen LogP contribution in [-0.4, -0.2) is 31.6 Å². The number of pyridine rings is 1. The predicted octanol–water partition coefficient (Wildman–Crippen LogP) is 1.04. The summed E-state index contributed by atoms with van der Waals surface area (Å²) in [6.45, 7) is 2.06.